The Morgan fingerprint density at radius 2 is 1.00 bits per heavy atom. The molecule has 0 bridgehead atoms. The third kappa shape index (κ3) is 9.49. The summed E-state index contributed by atoms with van der Waals surface area (Å²) in [6.07, 6.45) is 3.06. The molecular weight excluding hydrogens is 320 g/mol. The molecule has 128 valence electrons. The SMILES string of the molecule is CCC(C)[O][Ti]([O]C(C)CC)([O]C(C)CC)[O][Si](C)(C)C. The zero-order chi connectivity index (χ0) is 16.7. The van der Waals surface area contributed by atoms with Gasteiger partial charge < -0.3 is 0 Å². The van der Waals surface area contributed by atoms with Crippen molar-refractivity contribution in [3.05, 3.63) is 0 Å². The Morgan fingerprint density at radius 3 is 1.19 bits per heavy atom. The molecule has 0 saturated carbocycles. The molecule has 3 unspecified atom stereocenters. The van der Waals surface area contributed by atoms with E-state index in [1.165, 1.54) is 0 Å². The van der Waals surface area contributed by atoms with Gasteiger partial charge in [-0.05, 0) is 0 Å². The van der Waals surface area contributed by atoms with Crippen molar-refractivity contribution in [2.45, 2.75) is 98.8 Å². The van der Waals surface area contributed by atoms with E-state index in [9.17, 15) is 0 Å². The van der Waals surface area contributed by atoms with Gasteiger partial charge in [-0.15, -0.1) is 0 Å². The summed E-state index contributed by atoms with van der Waals surface area (Å²) in [4.78, 5) is 0. The second-order valence-corrected chi connectivity index (χ2v) is 14.8. The first-order valence-electron chi connectivity index (χ1n) is 8.31. The van der Waals surface area contributed by atoms with Gasteiger partial charge in [0.05, 0.1) is 0 Å². The molecule has 0 aliphatic rings. The minimum atomic E-state index is -3.73. The molecule has 0 heterocycles. The fourth-order valence-electron chi connectivity index (χ4n) is 1.52. The van der Waals surface area contributed by atoms with Crippen molar-refractivity contribution in [3.63, 3.8) is 0 Å². The van der Waals surface area contributed by atoms with Gasteiger partial charge >= 0.3 is 138 Å². The molecule has 0 aromatic carbocycles. The third-order valence-corrected chi connectivity index (χ3v) is 11.3. The topological polar surface area (TPSA) is 36.9 Å². The standard InChI is InChI=1S/3C4H9O.C3H9OSi.Ti/c3*1-3-4(2)5;1-5(2,3)4;/h3*4H,3H2,1-2H3;1-3H3;/q4*-1;+4. The Labute approximate surface area is 138 Å². The van der Waals surface area contributed by atoms with Gasteiger partial charge in [-0.25, -0.2) is 0 Å². The molecule has 6 heteroatoms. The van der Waals surface area contributed by atoms with E-state index in [1.807, 2.05) is 0 Å². The van der Waals surface area contributed by atoms with Crippen LogP contribution in [0.15, 0.2) is 0 Å². The van der Waals surface area contributed by atoms with Crippen LogP contribution in [0.2, 0.25) is 19.6 Å². The Kier molecular flexibility index (Phi) is 10.2. The predicted octanol–water partition coefficient (Wildman–Crippen LogP) is 5.10. The fraction of sp³-hybridized carbons (Fsp3) is 1.00. The summed E-state index contributed by atoms with van der Waals surface area (Å²) in [5, 5.41) is 0. The summed E-state index contributed by atoms with van der Waals surface area (Å²) in [6, 6.07) is 0. The third-order valence-electron chi connectivity index (χ3n) is 3.19. The van der Waals surface area contributed by atoms with E-state index in [2.05, 4.69) is 61.2 Å². The molecule has 0 radical (unpaired) electrons. The molecule has 0 aliphatic heterocycles. The van der Waals surface area contributed by atoms with E-state index in [0.29, 0.717) is 0 Å². The molecule has 0 spiro atoms. The molecule has 0 aliphatic carbocycles. The molecule has 21 heavy (non-hydrogen) atoms. The zero-order valence-electron chi connectivity index (χ0n) is 15.5. The van der Waals surface area contributed by atoms with Crippen LogP contribution in [0, 0.1) is 0 Å². The quantitative estimate of drug-likeness (QED) is 0.483. The van der Waals surface area contributed by atoms with Crippen LogP contribution in [0.5, 0.6) is 0 Å². The van der Waals surface area contributed by atoms with Crippen molar-refractivity contribution >= 4 is 8.32 Å². The van der Waals surface area contributed by atoms with Gasteiger partial charge in [-0.2, -0.15) is 0 Å². The Balaban J connectivity index is 5.34. The summed E-state index contributed by atoms with van der Waals surface area (Å²) in [6.45, 7) is 19.0. The van der Waals surface area contributed by atoms with Crippen molar-refractivity contribution in [1.82, 2.24) is 0 Å². The first-order valence-corrected chi connectivity index (χ1v) is 14.3. The van der Waals surface area contributed by atoms with Crippen LogP contribution in [-0.4, -0.2) is 26.6 Å². The Bertz CT molecular complexity index is 252. The van der Waals surface area contributed by atoms with E-state index < -0.39 is 26.5 Å². The minimum absolute atomic E-state index is 0.0921. The molecular formula is C15H36O4SiTi. The Hall–Kier alpha value is 0.771. The molecule has 3 atom stereocenters. The van der Waals surface area contributed by atoms with Gasteiger partial charge in [0.1, 0.15) is 0 Å². The number of rotatable bonds is 11. The van der Waals surface area contributed by atoms with Crippen molar-refractivity contribution in [2.75, 3.05) is 0 Å². The first-order chi connectivity index (χ1) is 9.57. The second kappa shape index (κ2) is 9.81. The van der Waals surface area contributed by atoms with Crippen molar-refractivity contribution in [3.8, 4) is 0 Å². The predicted molar refractivity (Wildman–Crippen MR) is 86.9 cm³/mol. The molecule has 0 rings (SSSR count). The fourth-order valence-corrected chi connectivity index (χ4v) is 9.95. The summed E-state index contributed by atoms with van der Waals surface area (Å²) in [5.41, 5.74) is 0. The molecule has 0 amide bonds. The zero-order valence-corrected chi connectivity index (χ0v) is 18.0. The average Bonchev–Trinajstić information content (AvgIpc) is 2.35. The van der Waals surface area contributed by atoms with Crippen LogP contribution >= 0.6 is 0 Å². The van der Waals surface area contributed by atoms with Crippen LogP contribution < -0.4 is 0 Å². The van der Waals surface area contributed by atoms with Gasteiger partial charge in [0.25, 0.3) is 0 Å². The maximum atomic E-state index is 6.40. The van der Waals surface area contributed by atoms with Crippen LogP contribution in [-0.2, 0) is 31.1 Å². The first kappa shape index (κ1) is 21.8. The maximum absolute atomic E-state index is 6.40. The van der Waals surface area contributed by atoms with E-state index in [4.69, 9.17) is 13.0 Å². The normalized spacial score (nSPS) is 19.9. The van der Waals surface area contributed by atoms with Crippen molar-refractivity contribution in [2.24, 2.45) is 0 Å². The Morgan fingerprint density at radius 1 is 0.714 bits per heavy atom. The second-order valence-electron chi connectivity index (χ2n) is 6.72. The summed E-state index contributed by atoms with van der Waals surface area (Å²) in [7, 11) is -1.82. The van der Waals surface area contributed by atoms with Gasteiger partial charge in [-0.1, -0.05) is 0 Å². The van der Waals surface area contributed by atoms with Crippen LogP contribution in [0.25, 0.3) is 0 Å². The number of hydrogen-bond donors (Lipinski definition) is 0. The van der Waals surface area contributed by atoms with Gasteiger partial charge in [0, 0.05) is 0 Å². The van der Waals surface area contributed by atoms with Gasteiger partial charge in [-0.3, -0.25) is 0 Å². The summed E-state index contributed by atoms with van der Waals surface area (Å²) < 4.78 is 25.2. The molecule has 0 aromatic rings. The molecule has 0 saturated heterocycles. The van der Waals surface area contributed by atoms with E-state index in [1.54, 1.807) is 0 Å². The van der Waals surface area contributed by atoms with Crippen LogP contribution in [0.3, 0.4) is 0 Å². The molecule has 0 aromatic heterocycles. The molecule has 4 nitrogen and oxygen atoms in total. The number of hydrogen-bond acceptors (Lipinski definition) is 4. The summed E-state index contributed by atoms with van der Waals surface area (Å²) in [5.74, 6) is 0. The van der Waals surface area contributed by atoms with Gasteiger partial charge in [0.15, 0.2) is 0 Å². The monoisotopic (exact) mass is 356 g/mol. The van der Waals surface area contributed by atoms with E-state index in [0.717, 1.165) is 19.3 Å². The van der Waals surface area contributed by atoms with E-state index in [-0.39, 0.29) is 18.3 Å². The van der Waals surface area contributed by atoms with E-state index >= 15 is 0 Å². The van der Waals surface area contributed by atoms with Crippen molar-refractivity contribution in [1.29, 1.82) is 0 Å². The molecule has 0 N–H and O–H groups in total. The summed E-state index contributed by atoms with van der Waals surface area (Å²) >= 11 is -3.73. The van der Waals surface area contributed by atoms with Crippen LogP contribution in [0.1, 0.15) is 60.8 Å². The van der Waals surface area contributed by atoms with Gasteiger partial charge in [0.2, 0.25) is 0 Å². The van der Waals surface area contributed by atoms with Crippen molar-refractivity contribution < 1.29 is 31.1 Å². The van der Waals surface area contributed by atoms with Crippen LogP contribution in [0.4, 0.5) is 0 Å². The molecule has 0 fully saturated rings. The average molecular weight is 356 g/mol.